The first kappa shape index (κ1) is 27.0. The Kier molecular flexibility index (Phi) is 8.96. The van der Waals surface area contributed by atoms with Crippen molar-refractivity contribution < 1.29 is 9.53 Å². The van der Waals surface area contributed by atoms with Gasteiger partial charge < -0.3 is 24.4 Å². The zero-order chi connectivity index (χ0) is 27.0. The molecule has 1 aliphatic rings. The molecule has 0 spiro atoms. The Morgan fingerprint density at radius 2 is 1.56 bits per heavy atom. The number of ether oxygens (including phenoxy) is 1. The average Bonchev–Trinajstić information content (AvgIpc) is 3.35. The van der Waals surface area contributed by atoms with Crippen LogP contribution in [-0.2, 0) is 19.5 Å². The lowest BCUT2D eigenvalue weighted by molar-refractivity contribution is 0.0952. The molecular formula is C33H40N4O2. The van der Waals surface area contributed by atoms with E-state index in [2.05, 4.69) is 69.1 Å². The quantitative estimate of drug-likeness (QED) is 0.295. The van der Waals surface area contributed by atoms with E-state index < -0.39 is 0 Å². The number of carbonyl (C=O) groups is 1. The second kappa shape index (κ2) is 13.0. The lowest BCUT2D eigenvalue weighted by Gasteiger charge is -2.34. The van der Waals surface area contributed by atoms with Crippen LogP contribution in [0.4, 0.5) is 0 Å². The Morgan fingerprint density at radius 3 is 2.31 bits per heavy atom. The van der Waals surface area contributed by atoms with Crippen molar-refractivity contribution in [2.24, 2.45) is 0 Å². The molecule has 0 bridgehead atoms. The number of hydrogen-bond donors (Lipinski definition) is 1. The molecule has 1 aliphatic heterocycles. The number of fused-ring (bicyclic) bond motifs is 1. The smallest absolute Gasteiger partial charge is 0.253 e. The average molecular weight is 525 g/mol. The summed E-state index contributed by atoms with van der Waals surface area (Å²) < 4.78 is 7.90. The molecule has 0 radical (unpaired) electrons. The molecule has 0 unspecified atom stereocenters. The maximum atomic E-state index is 13.3. The van der Waals surface area contributed by atoms with Gasteiger partial charge >= 0.3 is 0 Å². The first-order valence-electron chi connectivity index (χ1n) is 14.1. The van der Waals surface area contributed by atoms with Gasteiger partial charge in [-0.3, -0.25) is 4.79 Å². The van der Waals surface area contributed by atoms with Crippen LogP contribution in [0, 0.1) is 6.92 Å². The second-order valence-electron chi connectivity index (χ2n) is 10.5. The third-order valence-corrected chi connectivity index (χ3v) is 7.92. The Balaban J connectivity index is 1.17. The Labute approximate surface area is 232 Å². The highest BCUT2D eigenvalue weighted by Crippen LogP contribution is 2.30. The fourth-order valence-corrected chi connectivity index (χ4v) is 5.56. The van der Waals surface area contributed by atoms with E-state index in [0.29, 0.717) is 12.1 Å². The molecule has 0 aliphatic carbocycles. The Hall–Kier alpha value is -3.61. The molecule has 6 heteroatoms. The number of aromatic nitrogens is 1. The van der Waals surface area contributed by atoms with Gasteiger partial charge in [-0.2, -0.15) is 0 Å². The minimum Gasteiger partial charge on any atom is -0.495 e. The fraction of sp³-hybridized carbons (Fsp3) is 0.364. The molecule has 0 atom stereocenters. The van der Waals surface area contributed by atoms with E-state index in [1.807, 2.05) is 36.5 Å². The number of rotatable bonds is 11. The van der Waals surface area contributed by atoms with Gasteiger partial charge in [-0.05, 0) is 49.1 Å². The number of hydrogen-bond acceptors (Lipinski definition) is 4. The summed E-state index contributed by atoms with van der Waals surface area (Å²) >= 11 is 0. The van der Waals surface area contributed by atoms with Crippen molar-refractivity contribution in [1.82, 2.24) is 19.7 Å². The van der Waals surface area contributed by atoms with Crippen LogP contribution in [0.3, 0.4) is 0 Å². The zero-order valence-corrected chi connectivity index (χ0v) is 23.2. The van der Waals surface area contributed by atoms with Gasteiger partial charge in [-0.1, -0.05) is 66.7 Å². The van der Waals surface area contributed by atoms with Gasteiger partial charge in [0.05, 0.1) is 18.2 Å². The number of methoxy groups -OCH3 is 1. The van der Waals surface area contributed by atoms with Gasteiger partial charge in [0.15, 0.2) is 0 Å². The summed E-state index contributed by atoms with van der Waals surface area (Å²) in [5, 5.41) is 4.06. The van der Waals surface area contributed by atoms with Gasteiger partial charge in [0.2, 0.25) is 0 Å². The Morgan fingerprint density at radius 1 is 0.846 bits per heavy atom. The molecule has 204 valence electrons. The predicted molar refractivity (Wildman–Crippen MR) is 158 cm³/mol. The van der Waals surface area contributed by atoms with Crippen LogP contribution < -0.4 is 10.1 Å². The van der Waals surface area contributed by atoms with Crippen LogP contribution in [0.5, 0.6) is 5.75 Å². The third-order valence-electron chi connectivity index (χ3n) is 7.92. The van der Waals surface area contributed by atoms with E-state index in [-0.39, 0.29) is 5.91 Å². The normalized spacial score (nSPS) is 14.5. The number of nitrogens with zero attached hydrogens (tertiary/aromatic N) is 3. The van der Waals surface area contributed by atoms with Crippen molar-refractivity contribution in [2.75, 3.05) is 46.4 Å². The number of piperazine rings is 1. The summed E-state index contributed by atoms with van der Waals surface area (Å²) in [6.45, 7) is 10.1. The van der Waals surface area contributed by atoms with Crippen molar-refractivity contribution in [1.29, 1.82) is 0 Å². The van der Waals surface area contributed by atoms with Gasteiger partial charge in [0.25, 0.3) is 5.91 Å². The number of aryl methyl sites for hydroxylation is 2. The molecule has 2 heterocycles. The molecule has 5 rings (SSSR count). The topological polar surface area (TPSA) is 49.7 Å². The SMILES string of the molecule is COc1cccc2c(C(=O)NCc3ccccc3C)cn(CCCN3CCN(CCc4ccccc4)CC3)c12. The summed E-state index contributed by atoms with van der Waals surface area (Å²) in [5.74, 6) is 0.749. The molecule has 1 aromatic heterocycles. The molecular weight excluding hydrogens is 484 g/mol. The zero-order valence-electron chi connectivity index (χ0n) is 23.2. The summed E-state index contributed by atoms with van der Waals surface area (Å²) in [6.07, 6.45) is 4.14. The standard InChI is InChI=1S/C33H40N4O2/c1-26-10-6-7-13-28(26)24-34-33(38)30-25-37(32-29(30)14-8-15-31(32)39-2)18-9-17-35-20-22-36(23-21-35)19-16-27-11-4-3-5-12-27/h3-8,10-15,25H,9,16-24H2,1-2H3,(H,34,38). The van der Waals surface area contributed by atoms with Crippen molar-refractivity contribution in [3.05, 3.63) is 101 Å². The Bertz CT molecular complexity index is 1370. The van der Waals surface area contributed by atoms with E-state index in [1.54, 1.807) is 7.11 Å². The van der Waals surface area contributed by atoms with Crippen LogP contribution >= 0.6 is 0 Å². The van der Waals surface area contributed by atoms with Crippen LogP contribution in [0.15, 0.2) is 79.0 Å². The predicted octanol–water partition coefficient (Wildman–Crippen LogP) is 5.14. The molecule has 1 N–H and O–H groups in total. The number of para-hydroxylation sites is 1. The molecule has 1 amide bonds. The van der Waals surface area contributed by atoms with Crippen molar-refractivity contribution in [3.8, 4) is 5.75 Å². The van der Waals surface area contributed by atoms with Crippen molar-refractivity contribution in [3.63, 3.8) is 0 Å². The highest BCUT2D eigenvalue weighted by molar-refractivity contribution is 6.08. The maximum absolute atomic E-state index is 13.3. The minimum absolute atomic E-state index is 0.0538. The summed E-state index contributed by atoms with van der Waals surface area (Å²) in [7, 11) is 1.70. The molecule has 0 saturated carbocycles. The second-order valence-corrected chi connectivity index (χ2v) is 10.5. The van der Waals surface area contributed by atoms with E-state index in [4.69, 9.17) is 4.74 Å². The molecule has 1 saturated heterocycles. The summed E-state index contributed by atoms with van der Waals surface area (Å²) in [4.78, 5) is 18.4. The minimum atomic E-state index is -0.0538. The van der Waals surface area contributed by atoms with Crippen LogP contribution in [0.1, 0.15) is 33.5 Å². The molecule has 6 nitrogen and oxygen atoms in total. The van der Waals surface area contributed by atoms with E-state index in [9.17, 15) is 4.79 Å². The van der Waals surface area contributed by atoms with Crippen molar-refractivity contribution >= 4 is 16.8 Å². The van der Waals surface area contributed by atoms with Gasteiger partial charge in [0.1, 0.15) is 5.75 Å². The summed E-state index contributed by atoms with van der Waals surface area (Å²) in [6, 6.07) is 24.9. The van der Waals surface area contributed by atoms with Gasteiger partial charge in [-0.25, -0.2) is 0 Å². The van der Waals surface area contributed by atoms with Crippen molar-refractivity contribution in [2.45, 2.75) is 32.9 Å². The number of carbonyl (C=O) groups excluding carboxylic acids is 1. The summed E-state index contributed by atoms with van der Waals surface area (Å²) in [5.41, 5.74) is 5.42. The van der Waals surface area contributed by atoms with Crippen LogP contribution in [0.2, 0.25) is 0 Å². The van der Waals surface area contributed by atoms with Gasteiger partial charge in [0, 0.05) is 57.4 Å². The van der Waals surface area contributed by atoms with E-state index in [0.717, 1.165) is 80.9 Å². The van der Waals surface area contributed by atoms with E-state index >= 15 is 0 Å². The molecule has 39 heavy (non-hydrogen) atoms. The maximum Gasteiger partial charge on any atom is 0.253 e. The lowest BCUT2D eigenvalue weighted by Crippen LogP contribution is -2.47. The number of benzene rings is 3. The molecule has 1 fully saturated rings. The van der Waals surface area contributed by atoms with E-state index in [1.165, 1.54) is 11.1 Å². The highest BCUT2D eigenvalue weighted by Gasteiger charge is 2.19. The number of amides is 1. The lowest BCUT2D eigenvalue weighted by atomic mass is 10.1. The largest absolute Gasteiger partial charge is 0.495 e. The molecule has 4 aromatic rings. The fourth-order valence-electron chi connectivity index (χ4n) is 5.56. The first-order chi connectivity index (χ1) is 19.1. The first-order valence-corrected chi connectivity index (χ1v) is 14.1. The third kappa shape index (κ3) is 6.70. The highest BCUT2D eigenvalue weighted by atomic mass is 16.5. The number of nitrogens with one attached hydrogen (secondary N) is 1. The molecule has 3 aromatic carbocycles. The van der Waals surface area contributed by atoms with Gasteiger partial charge in [-0.15, -0.1) is 0 Å². The van der Waals surface area contributed by atoms with Crippen LogP contribution in [0.25, 0.3) is 10.9 Å². The monoisotopic (exact) mass is 524 g/mol. The van der Waals surface area contributed by atoms with Crippen LogP contribution in [-0.4, -0.2) is 66.7 Å².